The normalized spacial score (nSPS) is 26.7. The molecule has 0 saturated carbocycles. The highest BCUT2D eigenvalue weighted by Crippen LogP contribution is 2.34. The fraction of sp³-hybridized carbons (Fsp3) is 1.00. The molecular formula is C15H32N2O. The molecule has 1 heterocycles. The monoisotopic (exact) mass is 256 g/mol. The van der Waals surface area contributed by atoms with E-state index in [1.807, 2.05) is 0 Å². The zero-order valence-electron chi connectivity index (χ0n) is 12.7. The summed E-state index contributed by atoms with van der Waals surface area (Å²) < 4.78 is 0. The fourth-order valence-corrected chi connectivity index (χ4v) is 3.11. The fourth-order valence-electron chi connectivity index (χ4n) is 3.11. The van der Waals surface area contributed by atoms with E-state index in [9.17, 15) is 5.11 Å². The molecule has 1 fully saturated rings. The molecule has 1 rings (SSSR count). The molecule has 1 aliphatic heterocycles. The average Bonchev–Trinajstić information content (AvgIpc) is 2.55. The Morgan fingerprint density at radius 2 is 1.94 bits per heavy atom. The van der Waals surface area contributed by atoms with Gasteiger partial charge in [-0.3, -0.25) is 4.90 Å². The summed E-state index contributed by atoms with van der Waals surface area (Å²) >= 11 is 0. The van der Waals surface area contributed by atoms with Crippen LogP contribution in [-0.4, -0.2) is 41.8 Å². The van der Waals surface area contributed by atoms with E-state index >= 15 is 0 Å². The van der Waals surface area contributed by atoms with Gasteiger partial charge in [-0.2, -0.15) is 0 Å². The number of aliphatic hydroxyl groups excluding tert-OH is 1. The van der Waals surface area contributed by atoms with Crippen LogP contribution in [0.15, 0.2) is 0 Å². The van der Waals surface area contributed by atoms with Crippen LogP contribution < -0.4 is 5.73 Å². The largest absolute Gasteiger partial charge is 0.395 e. The van der Waals surface area contributed by atoms with Crippen LogP contribution in [0.1, 0.15) is 53.4 Å². The number of nitrogens with zero attached hydrogens (tertiary/aromatic N) is 1. The van der Waals surface area contributed by atoms with Crippen molar-refractivity contribution in [2.45, 2.75) is 65.5 Å². The maximum absolute atomic E-state index is 9.58. The summed E-state index contributed by atoms with van der Waals surface area (Å²) in [6.45, 7) is 11.5. The van der Waals surface area contributed by atoms with Crippen molar-refractivity contribution in [3.63, 3.8) is 0 Å². The highest BCUT2D eigenvalue weighted by atomic mass is 16.3. The molecule has 18 heavy (non-hydrogen) atoms. The second kappa shape index (κ2) is 6.88. The Balaban J connectivity index is 2.60. The van der Waals surface area contributed by atoms with Gasteiger partial charge < -0.3 is 10.8 Å². The molecule has 1 aliphatic rings. The standard InChI is InChI=1S/C15H32N2O/c1-5-13(16)14(11-18)17-9-6-7-12(8-10-17)15(2,3)4/h12-14,18H,5-11,16H2,1-4H3. The summed E-state index contributed by atoms with van der Waals surface area (Å²) in [6, 6.07) is 0.245. The van der Waals surface area contributed by atoms with Crippen molar-refractivity contribution in [2.75, 3.05) is 19.7 Å². The van der Waals surface area contributed by atoms with Gasteiger partial charge in [0.05, 0.1) is 6.61 Å². The van der Waals surface area contributed by atoms with E-state index in [1.165, 1.54) is 19.3 Å². The van der Waals surface area contributed by atoms with Gasteiger partial charge in [-0.15, -0.1) is 0 Å². The minimum Gasteiger partial charge on any atom is -0.395 e. The van der Waals surface area contributed by atoms with E-state index in [0.29, 0.717) is 5.41 Å². The smallest absolute Gasteiger partial charge is 0.0601 e. The molecule has 0 bridgehead atoms. The van der Waals surface area contributed by atoms with Crippen LogP contribution in [0.5, 0.6) is 0 Å². The minimum absolute atomic E-state index is 0.0983. The molecule has 0 aliphatic carbocycles. The maximum Gasteiger partial charge on any atom is 0.0601 e. The van der Waals surface area contributed by atoms with Crippen LogP contribution in [0, 0.1) is 11.3 Å². The highest BCUT2D eigenvalue weighted by Gasteiger charge is 2.30. The van der Waals surface area contributed by atoms with Crippen molar-refractivity contribution in [3.05, 3.63) is 0 Å². The predicted molar refractivity (Wildman–Crippen MR) is 77.5 cm³/mol. The molecule has 0 aromatic rings. The van der Waals surface area contributed by atoms with E-state index in [1.54, 1.807) is 0 Å². The average molecular weight is 256 g/mol. The molecule has 0 amide bonds. The molecule has 1 saturated heterocycles. The summed E-state index contributed by atoms with van der Waals surface area (Å²) in [5, 5.41) is 9.58. The minimum atomic E-state index is 0.0983. The van der Waals surface area contributed by atoms with Crippen LogP contribution >= 0.6 is 0 Å². The maximum atomic E-state index is 9.58. The van der Waals surface area contributed by atoms with Crippen molar-refractivity contribution < 1.29 is 5.11 Å². The van der Waals surface area contributed by atoms with Gasteiger partial charge in [-0.05, 0) is 50.1 Å². The number of rotatable bonds is 4. The summed E-state index contributed by atoms with van der Waals surface area (Å²) in [5.41, 5.74) is 6.53. The number of hydrogen-bond acceptors (Lipinski definition) is 3. The lowest BCUT2D eigenvalue weighted by Gasteiger charge is -2.34. The summed E-state index contributed by atoms with van der Waals surface area (Å²) in [7, 11) is 0. The van der Waals surface area contributed by atoms with Gasteiger partial charge >= 0.3 is 0 Å². The first-order valence-electron chi connectivity index (χ1n) is 7.50. The second-order valence-corrected chi connectivity index (χ2v) is 6.85. The van der Waals surface area contributed by atoms with Crippen LogP contribution in [0.4, 0.5) is 0 Å². The first kappa shape index (κ1) is 15.9. The van der Waals surface area contributed by atoms with Crippen molar-refractivity contribution in [2.24, 2.45) is 17.1 Å². The number of hydrogen-bond donors (Lipinski definition) is 2. The number of likely N-dealkylation sites (tertiary alicyclic amines) is 1. The molecule has 3 N–H and O–H groups in total. The highest BCUT2D eigenvalue weighted by molar-refractivity contribution is 4.85. The zero-order valence-corrected chi connectivity index (χ0v) is 12.7. The third-order valence-corrected chi connectivity index (χ3v) is 4.61. The molecule has 0 aromatic carbocycles. The predicted octanol–water partition coefficient (Wildman–Crippen LogP) is 2.23. The Kier molecular flexibility index (Phi) is 6.09. The lowest BCUT2D eigenvalue weighted by Crippen LogP contribution is -2.50. The Morgan fingerprint density at radius 1 is 1.28 bits per heavy atom. The number of aliphatic hydroxyl groups is 1. The molecular weight excluding hydrogens is 224 g/mol. The van der Waals surface area contributed by atoms with Crippen LogP contribution in [-0.2, 0) is 0 Å². The zero-order chi connectivity index (χ0) is 13.8. The summed E-state index contributed by atoms with van der Waals surface area (Å²) in [4.78, 5) is 2.42. The van der Waals surface area contributed by atoms with Crippen molar-refractivity contribution in [1.29, 1.82) is 0 Å². The lowest BCUT2D eigenvalue weighted by molar-refractivity contribution is 0.102. The SMILES string of the molecule is CCC(N)C(CO)N1CCCC(C(C)(C)C)CC1. The third kappa shape index (κ3) is 4.22. The number of nitrogens with two attached hydrogens (primary N) is 1. The molecule has 0 radical (unpaired) electrons. The van der Waals surface area contributed by atoms with E-state index in [-0.39, 0.29) is 18.7 Å². The molecule has 0 aromatic heterocycles. The van der Waals surface area contributed by atoms with Gasteiger partial charge in [0.15, 0.2) is 0 Å². The Morgan fingerprint density at radius 3 is 2.44 bits per heavy atom. The molecule has 3 unspecified atom stereocenters. The van der Waals surface area contributed by atoms with Gasteiger partial charge in [0.1, 0.15) is 0 Å². The van der Waals surface area contributed by atoms with Crippen molar-refractivity contribution >= 4 is 0 Å². The molecule has 3 heteroatoms. The van der Waals surface area contributed by atoms with Crippen LogP contribution in [0.2, 0.25) is 0 Å². The van der Waals surface area contributed by atoms with E-state index < -0.39 is 0 Å². The van der Waals surface area contributed by atoms with Gasteiger partial charge in [-0.25, -0.2) is 0 Å². The van der Waals surface area contributed by atoms with Crippen molar-refractivity contribution in [1.82, 2.24) is 4.90 Å². The summed E-state index contributed by atoms with van der Waals surface area (Å²) in [6.07, 6.45) is 4.70. The molecule has 108 valence electrons. The van der Waals surface area contributed by atoms with Crippen LogP contribution in [0.3, 0.4) is 0 Å². The van der Waals surface area contributed by atoms with Crippen LogP contribution in [0.25, 0.3) is 0 Å². The molecule has 3 nitrogen and oxygen atoms in total. The lowest BCUT2D eigenvalue weighted by atomic mass is 9.77. The second-order valence-electron chi connectivity index (χ2n) is 6.85. The Hall–Kier alpha value is -0.120. The third-order valence-electron chi connectivity index (χ3n) is 4.61. The van der Waals surface area contributed by atoms with Gasteiger partial charge in [0.25, 0.3) is 0 Å². The van der Waals surface area contributed by atoms with E-state index in [4.69, 9.17) is 5.73 Å². The quantitative estimate of drug-likeness (QED) is 0.811. The Bertz CT molecular complexity index is 237. The first-order valence-corrected chi connectivity index (χ1v) is 7.50. The molecule has 0 spiro atoms. The van der Waals surface area contributed by atoms with E-state index in [2.05, 4.69) is 32.6 Å². The van der Waals surface area contributed by atoms with Gasteiger partial charge in [0.2, 0.25) is 0 Å². The van der Waals surface area contributed by atoms with Crippen molar-refractivity contribution in [3.8, 4) is 0 Å². The van der Waals surface area contributed by atoms with Gasteiger partial charge in [0, 0.05) is 12.1 Å². The molecule has 3 atom stereocenters. The van der Waals surface area contributed by atoms with Gasteiger partial charge in [-0.1, -0.05) is 27.7 Å². The Labute approximate surface area is 113 Å². The summed E-state index contributed by atoms with van der Waals surface area (Å²) in [5.74, 6) is 0.791. The van der Waals surface area contributed by atoms with E-state index in [0.717, 1.165) is 25.4 Å². The first-order chi connectivity index (χ1) is 8.40. The topological polar surface area (TPSA) is 49.5 Å².